The number of aliphatic imine (C=N–C) groups is 2. The van der Waals surface area contributed by atoms with Crippen molar-refractivity contribution in [2.24, 2.45) is 9.98 Å². The summed E-state index contributed by atoms with van der Waals surface area (Å²) in [7, 11) is -2.35. The Kier molecular flexibility index (Phi) is 11.3. The summed E-state index contributed by atoms with van der Waals surface area (Å²) < 4.78 is 54.9. The van der Waals surface area contributed by atoms with Crippen molar-refractivity contribution in [1.82, 2.24) is 4.72 Å². The fourth-order valence-corrected chi connectivity index (χ4v) is 5.21. The molecule has 12 heteroatoms. The molecule has 0 amide bonds. The molecular weight excluding hydrogens is 574 g/mol. The summed E-state index contributed by atoms with van der Waals surface area (Å²) in [4.78, 5) is 19.5. The highest BCUT2D eigenvalue weighted by atomic mass is 35.7. The SMILES string of the molecule is C=C=Nc1ccccc1S(=O)(=O)Cl.C=C=Nc1ccccc1S(=O)(=O)NCc1ccc(C(=O)OC(C)(C)C)cc1. The van der Waals surface area contributed by atoms with Crippen LogP contribution in [0.25, 0.3) is 0 Å². The van der Waals surface area contributed by atoms with Gasteiger partial charge in [0, 0.05) is 17.2 Å². The number of carbonyl (C=O) groups excluding carboxylic acids is 1. The molecule has 0 aliphatic rings. The number of nitrogens with zero attached hydrogens (tertiary/aromatic N) is 2. The topological polar surface area (TPSA) is 131 Å². The normalized spacial score (nSPS) is 11.2. The summed E-state index contributed by atoms with van der Waals surface area (Å²) in [5.41, 5.74) is 1.04. The third kappa shape index (κ3) is 10.1. The summed E-state index contributed by atoms with van der Waals surface area (Å²) in [6, 6.07) is 19.0. The van der Waals surface area contributed by atoms with E-state index in [9.17, 15) is 21.6 Å². The highest BCUT2D eigenvalue weighted by Crippen LogP contribution is 2.26. The number of ether oxygens (including phenoxy) is 1. The number of carbonyl (C=O) groups is 1. The monoisotopic (exact) mass is 601 g/mol. The molecule has 3 rings (SSSR count). The van der Waals surface area contributed by atoms with E-state index in [1.165, 1.54) is 18.2 Å². The average Bonchev–Trinajstić information content (AvgIpc) is 2.88. The molecule has 0 unspecified atom stereocenters. The number of esters is 1. The molecule has 0 aromatic heterocycles. The van der Waals surface area contributed by atoms with Crippen LogP contribution in [-0.4, -0.2) is 40.1 Å². The fourth-order valence-electron chi connectivity index (χ4n) is 3.05. The van der Waals surface area contributed by atoms with Crippen LogP contribution in [0.1, 0.15) is 36.7 Å². The first kappa shape index (κ1) is 32.4. The van der Waals surface area contributed by atoms with Gasteiger partial charge < -0.3 is 4.74 Å². The van der Waals surface area contributed by atoms with Crippen LogP contribution in [0.15, 0.2) is 106 Å². The Bertz CT molecular complexity index is 1670. The number of rotatable bonds is 8. The van der Waals surface area contributed by atoms with E-state index < -0.39 is 30.6 Å². The summed E-state index contributed by atoms with van der Waals surface area (Å²) >= 11 is 0. The third-order valence-electron chi connectivity index (χ3n) is 4.74. The van der Waals surface area contributed by atoms with E-state index >= 15 is 0 Å². The van der Waals surface area contributed by atoms with Crippen molar-refractivity contribution in [3.05, 3.63) is 97.1 Å². The lowest BCUT2D eigenvalue weighted by Crippen LogP contribution is -2.24. The van der Waals surface area contributed by atoms with Crippen LogP contribution in [0.4, 0.5) is 11.4 Å². The molecule has 40 heavy (non-hydrogen) atoms. The molecule has 210 valence electrons. The minimum atomic E-state index is -3.76. The van der Waals surface area contributed by atoms with Crippen LogP contribution >= 0.6 is 10.7 Å². The zero-order valence-corrected chi connectivity index (χ0v) is 24.5. The minimum Gasteiger partial charge on any atom is -0.456 e. The van der Waals surface area contributed by atoms with E-state index in [0.29, 0.717) is 11.1 Å². The number of hydrogen-bond donors (Lipinski definition) is 1. The molecule has 0 radical (unpaired) electrons. The Hall–Kier alpha value is -3.82. The molecule has 0 bridgehead atoms. The van der Waals surface area contributed by atoms with Gasteiger partial charge in [-0.15, -0.1) is 0 Å². The van der Waals surface area contributed by atoms with Gasteiger partial charge in [0.2, 0.25) is 10.0 Å². The van der Waals surface area contributed by atoms with E-state index in [2.05, 4.69) is 39.6 Å². The Morgan fingerprint density at radius 2 is 1.32 bits per heavy atom. The second-order valence-corrected chi connectivity index (χ2v) is 13.2. The zero-order valence-electron chi connectivity index (χ0n) is 22.1. The third-order valence-corrected chi connectivity index (χ3v) is 7.55. The Morgan fingerprint density at radius 1 is 0.850 bits per heavy atom. The Labute approximate surface area is 239 Å². The molecule has 0 spiro atoms. The predicted octanol–water partition coefficient (Wildman–Crippen LogP) is 5.71. The Balaban J connectivity index is 0.000000360. The van der Waals surface area contributed by atoms with Crippen LogP contribution in [0, 0.1) is 0 Å². The van der Waals surface area contributed by atoms with Gasteiger partial charge in [-0.3, -0.25) is 0 Å². The van der Waals surface area contributed by atoms with E-state index in [-0.39, 0.29) is 27.7 Å². The second-order valence-electron chi connectivity index (χ2n) is 8.94. The lowest BCUT2D eigenvalue weighted by atomic mass is 10.1. The van der Waals surface area contributed by atoms with Gasteiger partial charge in [-0.25, -0.2) is 36.3 Å². The van der Waals surface area contributed by atoms with Crippen molar-refractivity contribution >= 4 is 58.8 Å². The largest absolute Gasteiger partial charge is 0.456 e. The van der Waals surface area contributed by atoms with Gasteiger partial charge >= 0.3 is 5.97 Å². The zero-order chi connectivity index (χ0) is 30.0. The maximum Gasteiger partial charge on any atom is 0.338 e. The molecule has 0 fully saturated rings. The molecule has 0 saturated carbocycles. The second kappa shape index (κ2) is 14.0. The number of benzene rings is 3. The molecule has 0 aliphatic carbocycles. The van der Waals surface area contributed by atoms with Crippen LogP contribution in [-0.2, 0) is 30.4 Å². The molecule has 9 nitrogen and oxygen atoms in total. The van der Waals surface area contributed by atoms with Gasteiger partial charge in [0.1, 0.15) is 15.4 Å². The molecule has 0 heterocycles. The van der Waals surface area contributed by atoms with E-state index in [4.69, 9.17) is 15.4 Å². The molecule has 0 aliphatic heterocycles. The quantitative estimate of drug-likeness (QED) is 0.200. The van der Waals surface area contributed by atoms with E-state index in [1.54, 1.807) is 75.4 Å². The first-order chi connectivity index (χ1) is 18.7. The van der Waals surface area contributed by atoms with Crippen molar-refractivity contribution in [1.29, 1.82) is 0 Å². The van der Waals surface area contributed by atoms with Gasteiger partial charge in [0.15, 0.2) is 0 Å². The molecule has 0 saturated heterocycles. The van der Waals surface area contributed by atoms with Crippen LogP contribution < -0.4 is 4.72 Å². The number of hydrogen-bond acceptors (Lipinski definition) is 8. The number of sulfonamides is 1. The molecular formula is C28H28ClN3O6S2. The maximum absolute atomic E-state index is 12.5. The first-order valence-electron chi connectivity index (χ1n) is 11.6. The summed E-state index contributed by atoms with van der Waals surface area (Å²) in [6.07, 6.45) is 0. The van der Waals surface area contributed by atoms with Crippen molar-refractivity contribution in [3.8, 4) is 0 Å². The number of halogens is 1. The van der Waals surface area contributed by atoms with Gasteiger partial charge in [0.05, 0.1) is 16.9 Å². The van der Waals surface area contributed by atoms with Gasteiger partial charge in [-0.1, -0.05) is 36.4 Å². The van der Waals surface area contributed by atoms with E-state index in [1.807, 2.05) is 0 Å². The van der Waals surface area contributed by atoms with Gasteiger partial charge in [-0.05, 0) is 87.6 Å². The lowest BCUT2D eigenvalue weighted by molar-refractivity contribution is 0.00694. The highest BCUT2D eigenvalue weighted by Gasteiger charge is 2.19. The highest BCUT2D eigenvalue weighted by molar-refractivity contribution is 8.13. The summed E-state index contributed by atoms with van der Waals surface area (Å²) in [6.45, 7) is 12.1. The van der Waals surface area contributed by atoms with Crippen LogP contribution in [0.3, 0.4) is 0 Å². The standard InChI is InChI=1S/C20H22N2O4S.C8H6ClNO2S/c1-5-21-17-8-6-7-9-18(17)27(24,25)22-14-15-10-12-16(13-11-15)19(23)26-20(2,3)4;1-2-10-7-5-3-4-6-8(7)13(9,11)12/h6-13,22H,1,14H2,2-4H3;3-6H,1H2. The van der Waals surface area contributed by atoms with Crippen LogP contribution in [0.2, 0.25) is 0 Å². The molecule has 1 N–H and O–H groups in total. The average molecular weight is 602 g/mol. The fraction of sp³-hybridized carbons (Fsp3) is 0.179. The predicted molar refractivity (Wildman–Crippen MR) is 157 cm³/mol. The minimum absolute atomic E-state index is 0.0344. The number of para-hydroxylation sites is 2. The van der Waals surface area contributed by atoms with Crippen LogP contribution in [0.5, 0.6) is 0 Å². The maximum atomic E-state index is 12.5. The molecule has 3 aromatic rings. The van der Waals surface area contributed by atoms with Crippen molar-refractivity contribution < 1.29 is 26.4 Å². The molecule has 3 aromatic carbocycles. The summed E-state index contributed by atoms with van der Waals surface area (Å²) in [5.74, 6) is 4.17. The van der Waals surface area contributed by atoms with Crippen molar-refractivity contribution in [2.75, 3.05) is 0 Å². The van der Waals surface area contributed by atoms with Crippen molar-refractivity contribution in [2.45, 2.75) is 42.7 Å². The molecule has 0 atom stereocenters. The van der Waals surface area contributed by atoms with Crippen molar-refractivity contribution in [3.63, 3.8) is 0 Å². The van der Waals surface area contributed by atoms with Gasteiger partial charge in [-0.2, -0.15) is 0 Å². The number of nitrogens with one attached hydrogen (secondary N) is 1. The smallest absolute Gasteiger partial charge is 0.338 e. The first-order valence-corrected chi connectivity index (χ1v) is 15.4. The summed E-state index contributed by atoms with van der Waals surface area (Å²) in [5, 5.41) is 0. The van der Waals surface area contributed by atoms with Gasteiger partial charge in [0.25, 0.3) is 9.05 Å². The lowest BCUT2D eigenvalue weighted by Gasteiger charge is -2.19. The Morgan fingerprint density at radius 3 is 1.80 bits per heavy atom. The van der Waals surface area contributed by atoms with E-state index in [0.717, 1.165) is 0 Å².